The normalized spacial score (nSPS) is 11.3. The number of amides is 2. The highest BCUT2D eigenvalue weighted by Crippen LogP contribution is 2.24. The predicted octanol–water partition coefficient (Wildman–Crippen LogP) is 7.23. The zero-order valence-corrected chi connectivity index (χ0v) is 20.8. The second kappa shape index (κ2) is 10.3. The van der Waals surface area contributed by atoms with Gasteiger partial charge in [-0.1, -0.05) is 48.5 Å². The molecule has 0 saturated carbocycles. The molecule has 0 radical (unpaired) electrons. The summed E-state index contributed by atoms with van der Waals surface area (Å²) in [6, 6.07) is 31.7. The molecule has 6 nitrogen and oxygen atoms in total. The summed E-state index contributed by atoms with van der Waals surface area (Å²) >= 11 is 0. The molecule has 0 atom stereocenters. The van der Waals surface area contributed by atoms with Crippen molar-refractivity contribution < 1.29 is 9.59 Å². The fourth-order valence-electron chi connectivity index (χ4n) is 4.72. The highest BCUT2D eigenvalue weighted by atomic mass is 16.2. The maximum Gasteiger partial charge on any atom is 0.224 e. The number of aromatic nitrogens is 2. The van der Waals surface area contributed by atoms with E-state index in [0.29, 0.717) is 25.7 Å². The van der Waals surface area contributed by atoms with Crippen LogP contribution in [0.5, 0.6) is 0 Å². The number of nitrogens with one attached hydrogen (secondary N) is 2. The molecule has 6 rings (SSSR count). The number of carbonyl (C=O) groups is 2. The molecule has 0 bridgehead atoms. The van der Waals surface area contributed by atoms with E-state index in [2.05, 4.69) is 22.8 Å². The maximum absolute atomic E-state index is 12.5. The fourth-order valence-corrected chi connectivity index (χ4v) is 4.72. The van der Waals surface area contributed by atoms with Crippen LogP contribution < -0.4 is 10.6 Å². The summed E-state index contributed by atoms with van der Waals surface area (Å²) in [5.74, 6) is -0.142. The lowest BCUT2D eigenvalue weighted by molar-refractivity contribution is -0.118. The summed E-state index contributed by atoms with van der Waals surface area (Å²) in [7, 11) is 0. The van der Waals surface area contributed by atoms with E-state index in [9.17, 15) is 9.59 Å². The van der Waals surface area contributed by atoms with Crippen LogP contribution >= 0.6 is 0 Å². The zero-order chi connectivity index (χ0) is 25.9. The Kier molecular flexibility index (Phi) is 6.36. The maximum atomic E-state index is 12.5. The minimum Gasteiger partial charge on any atom is -0.326 e. The molecule has 0 aliphatic rings. The van der Waals surface area contributed by atoms with Gasteiger partial charge in [-0.05, 0) is 61.4 Å². The first kappa shape index (κ1) is 23.6. The van der Waals surface area contributed by atoms with Crippen molar-refractivity contribution in [2.45, 2.75) is 25.7 Å². The average molecular weight is 499 g/mol. The Morgan fingerprint density at radius 3 is 1.39 bits per heavy atom. The van der Waals surface area contributed by atoms with Gasteiger partial charge < -0.3 is 10.6 Å². The summed E-state index contributed by atoms with van der Waals surface area (Å²) in [4.78, 5) is 34.4. The average Bonchev–Trinajstić information content (AvgIpc) is 2.93. The Labute approximate surface area is 219 Å². The second-order valence-electron chi connectivity index (χ2n) is 9.48. The standard InChI is InChI=1S/C32H26N4O2/c37-31(33-25-15-13-23-17-21-7-1-3-9-27(21)35-29(23)19-25)11-5-6-12-32(38)34-26-16-14-24-18-22-8-2-4-10-28(22)36-30(24)20-26/h1-4,7-10,13-20H,5-6,11-12H2,(H,33,37)(H,34,38). The van der Waals surface area contributed by atoms with Crippen molar-refractivity contribution in [1.82, 2.24) is 9.97 Å². The van der Waals surface area contributed by atoms with Crippen LogP contribution in [0.15, 0.2) is 97.1 Å². The third-order valence-corrected chi connectivity index (χ3v) is 6.66. The molecule has 0 unspecified atom stereocenters. The number of rotatable bonds is 7. The Hall–Kier alpha value is -4.84. The first-order valence-electron chi connectivity index (χ1n) is 12.8. The van der Waals surface area contributed by atoms with Crippen molar-refractivity contribution in [2.24, 2.45) is 0 Å². The first-order chi connectivity index (χ1) is 18.6. The number of pyridine rings is 2. The SMILES string of the molecule is O=C(CCCCC(=O)Nc1ccc2cc3ccccc3nc2c1)Nc1ccc2cc3ccccc3nc2c1. The van der Waals surface area contributed by atoms with E-state index in [1.54, 1.807) is 0 Å². The molecule has 2 heterocycles. The van der Waals surface area contributed by atoms with Crippen molar-refractivity contribution in [3.63, 3.8) is 0 Å². The minimum atomic E-state index is -0.0709. The number of unbranched alkanes of at least 4 members (excludes halogenated alkanes) is 1. The van der Waals surface area contributed by atoms with Crippen LogP contribution in [0.1, 0.15) is 25.7 Å². The fraction of sp³-hybridized carbons (Fsp3) is 0.125. The van der Waals surface area contributed by atoms with E-state index in [1.807, 2.05) is 84.9 Å². The first-order valence-corrected chi connectivity index (χ1v) is 12.8. The van der Waals surface area contributed by atoms with Crippen LogP contribution in [-0.2, 0) is 9.59 Å². The zero-order valence-electron chi connectivity index (χ0n) is 20.8. The molecule has 6 aromatic rings. The monoisotopic (exact) mass is 498 g/mol. The van der Waals surface area contributed by atoms with Crippen molar-refractivity contribution in [1.29, 1.82) is 0 Å². The topological polar surface area (TPSA) is 84.0 Å². The number of nitrogens with zero attached hydrogens (tertiary/aromatic N) is 2. The summed E-state index contributed by atoms with van der Waals surface area (Å²) in [5.41, 5.74) is 4.98. The number of hydrogen-bond acceptors (Lipinski definition) is 4. The molecule has 186 valence electrons. The van der Waals surface area contributed by atoms with Gasteiger partial charge in [-0.15, -0.1) is 0 Å². The van der Waals surface area contributed by atoms with Gasteiger partial charge in [0.15, 0.2) is 0 Å². The van der Waals surface area contributed by atoms with E-state index < -0.39 is 0 Å². The van der Waals surface area contributed by atoms with Crippen LogP contribution in [0.4, 0.5) is 11.4 Å². The van der Waals surface area contributed by atoms with Gasteiger partial charge in [0, 0.05) is 45.8 Å². The van der Waals surface area contributed by atoms with Gasteiger partial charge in [-0.2, -0.15) is 0 Å². The van der Waals surface area contributed by atoms with Crippen LogP contribution in [-0.4, -0.2) is 21.8 Å². The summed E-state index contributed by atoms with van der Waals surface area (Å²) in [6.07, 6.45) is 1.95. The Bertz CT molecular complexity index is 1690. The lowest BCUT2D eigenvalue weighted by Crippen LogP contribution is -2.13. The summed E-state index contributed by atoms with van der Waals surface area (Å²) < 4.78 is 0. The molecule has 0 spiro atoms. The van der Waals surface area contributed by atoms with Gasteiger partial charge in [0.1, 0.15) is 0 Å². The molecule has 2 N–H and O–H groups in total. The quantitative estimate of drug-likeness (QED) is 0.180. The number of fused-ring (bicyclic) bond motifs is 4. The lowest BCUT2D eigenvalue weighted by Gasteiger charge is -2.08. The number of carbonyl (C=O) groups excluding carboxylic acids is 2. The molecule has 0 aliphatic carbocycles. The molecule has 4 aromatic carbocycles. The third-order valence-electron chi connectivity index (χ3n) is 6.66. The highest BCUT2D eigenvalue weighted by Gasteiger charge is 2.08. The van der Waals surface area contributed by atoms with Crippen LogP contribution in [0.3, 0.4) is 0 Å². The van der Waals surface area contributed by atoms with Crippen molar-refractivity contribution >= 4 is 66.8 Å². The predicted molar refractivity (Wildman–Crippen MR) is 154 cm³/mol. The minimum absolute atomic E-state index is 0.0709. The van der Waals surface area contributed by atoms with E-state index in [0.717, 1.165) is 55.0 Å². The lowest BCUT2D eigenvalue weighted by atomic mass is 10.1. The van der Waals surface area contributed by atoms with Crippen LogP contribution in [0, 0.1) is 0 Å². The third kappa shape index (κ3) is 5.15. The Morgan fingerprint density at radius 1 is 0.500 bits per heavy atom. The summed E-state index contributed by atoms with van der Waals surface area (Å²) in [6.45, 7) is 0. The molecule has 6 heteroatoms. The van der Waals surface area contributed by atoms with Crippen LogP contribution in [0.25, 0.3) is 43.6 Å². The second-order valence-corrected chi connectivity index (χ2v) is 9.48. The van der Waals surface area contributed by atoms with Gasteiger partial charge in [-0.25, -0.2) is 9.97 Å². The van der Waals surface area contributed by atoms with E-state index in [-0.39, 0.29) is 11.8 Å². The van der Waals surface area contributed by atoms with Gasteiger partial charge >= 0.3 is 0 Å². The Balaban J connectivity index is 0.998. The smallest absolute Gasteiger partial charge is 0.224 e. The molecule has 0 aliphatic heterocycles. The van der Waals surface area contributed by atoms with Crippen molar-refractivity contribution in [2.75, 3.05) is 10.6 Å². The molecule has 0 saturated heterocycles. The van der Waals surface area contributed by atoms with E-state index in [4.69, 9.17) is 9.97 Å². The molecule has 38 heavy (non-hydrogen) atoms. The summed E-state index contributed by atoms with van der Waals surface area (Å²) in [5, 5.41) is 10.1. The van der Waals surface area contributed by atoms with Crippen LogP contribution in [0.2, 0.25) is 0 Å². The molecule has 2 amide bonds. The largest absolute Gasteiger partial charge is 0.326 e. The molecular formula is C32H26N4O2. The van der Waals surface area contributed by atoms with Gasteiger partial charge in [-0.3, -0.25) is 9.59 Å². The Morgan fingerprint density at radius 2 is 0.921 bits per heavy atom. The molecule has 2 aromatic heterocycles. The van der Waals surface area contributed by atoms with E-state index in [1.165, 1.54) is 0 Å². The highest BCUT2D eigenvalue weighted by molar-refractivity contribution is 5.98. The number of benzene rings is 4. The molecule has 0 fully saturated rings. The number of anilines is 2. The van der Waals surface area contributed by atoms with Crippen molar-refractivity contribution in [3.8, 4) is 0 Å². The van der Waals surface area contributed by atoms with E-state index >= 15 is 0 Å². The van der Waals surface area contributed by atoms with Gasteiger partial charge in [0.05, 0.1) is 22.1 Å². The van der Waals surface area contributed by atoms with Crippen molar-refractivity contribution in [3.05, 3.63) is 97.1 Å². The number of hydrogen-bond donors (Lipinski definition) is 2. The molecular weight excluding hydrogens is 472 g/mol. The van der Waals surface area contributed by atoms with Gasteiger partial charge in [0.25, 0.3) is 0 Å². The van der Waals surface area contributed by atoms with Gasteiger partial charge in [0.2, 0.25) is 11.8 Å². The number of para-hydroxylation sites is 2.